The van der Waals surface area contributed by atoms with Gasteiger partial charge in [-0.3, -0.25) is 9.59 Å². The van der Waals surface area contributed by atoms with Crippen molar-refractivity contribution in [1.82, 2.24) is 4.90 Å². The molecule has 7 heteroatoms. The highest BCUT2D eigenvalue weighted by atomic mass is 16.4. The van der Waals surface area contributed by atoms with E-state index < -0.39 is 5.97 Å². The number of hydrogen-bond donors (Lipinski definition) is 3. The smallest absolute Gasteiger partial charge is 0.303 e. The van der Waals surface area contributed by atoms with E-state index in [1.165, 1.54) is 5.56 Å². The molecule has 0 unspecified atom stereocenters. The molecule has 0 radical (unpaired) electrons. The standard InChI is InChI=1S/C23H27NO3.C9H15N3/c1-3-17-6-5-7-18(4-2)22(17)23(27)24-13-12-19-10-8-16(9-11-21(25)26)14-20(19)15-24;1-3-12(11)8-6-4-5-7(2)9(8)10/h5-8,10,14H,3-4,9,11-13,15H2,1-2H3,(H,25,26);4-6H,3,10-11H2,1-2H3. The first-order valence-electron chi connectivity index (χ1n) is 13.8. The van der Waals surface area contributed by atoms with Gasteiger partial charge >= 0.3 is 5.97 Å². The number of carboxylic acid groups (broad SMARTS) is 1. The van der Waals surface area contributed by atoms with Crippen LogP contribution in [-0.4, -0.2) is 35.0 Å². The molecule has 0 bridgehead atoms. The summed E-state index contributed by atoms with van der Waals surface area (Å²) in [4.78, 5) is 26.1. The number of rotatable bonds is 8. The monoisotopic (exact) mass is 530 g/mol. The van der Waals surface area contributed by atoms with Crippen molar-refractivity contribution in [3.63, 3.8) is 0 Å². The Kier molecular flexibility index (Phi) is 10.5. The van der Waals surface area contributed by atoms with Crippen LogP contribution in [0.3, 0.4) is 0 Å². The number of carboxylic acids is 1. The van der Waals surface area contributed by atoms with E-state index in [2.05, 4.69) is 26.0 Å². The molecule has 1 heterocycles. The number of nitrogens with two attached hydrogens (primary N) is 2. The van der Waals surface area contributed by atoms with Crippen molar-refractivity contribution < 1.29 is 14.7 Å². The Bertz CT molecular complexity index is 1280. The topological polar surface area (TPSA) is 113 Å². The average Bonchev–Trinajstić information content (AvgIpc) is 2.96. The van der Waals surface area contributed by atoms with Crippen LogP contribution < -0.4 is 16.6 Å². The summed E-state index contributed by atoms with van der Waals surface area (Å²) < 4.78 is 0. The zero-order valence-electron chi connectivity index (χ0n) is 23.7. The van der Waals surface area contributed by atoms with Crippen molar-refractivity contribution in [2.45, 2.75) is 66.3 Å². The molecule has 3 aromatic carbocycles. The van der Waals surface area contributed by atoms with E-state index in [1.807, 2.05) is 61.2 Å². The number of aliphatic carboxylic acids is 1. The number of carbonyl (C=O) groups is 2. The number of amides is 1. The van der Waals surface area contributed by atoms with Gasteiger partial charge in [0.15, 0.2) is 0 Å². The minimum Gasteiger partial charge on any atom is -0.481 e. The molecule has 0 saturated carbocycles. The predicted octanol–water partition coefficient (Wildman–Crippen LogP) is 5.30. The summed E-state index contributed by atoms with van der Waals surface area (Å²) in [6.07, 6.45) is 3.19. The van der Waals surface area contributed by atoms with E-state index in [0.29, 0.717) is 13.0 Å². The van der Waals surface area contributed by atoms with Crippen LogP contribution in [-0.2, 0) is 37.0 Å². The Morgan fingerprint density at radius 1 is 0.974 bits per heavy atom. The van der Waals surface area contributed by atoms with Gasteiger partial charge in [0.25, 0.3) is 5.91 Å². The zero-order chi connectivity index (χ0) is 28.5. The lowest BCUT2D eigenvalue weighted by Gasteiger charge is -2.30. The largest absolute Gasteiger partial charge is 0.481 e. The van der Waals surface area contributed by atoms with E-state index >= 15 is 0 Å². The number of nitrogens with zero attached hydrogens (tertiary/aromatic N) is 2. The molecule has 0 fully saturated rings. The van der Waals surface area contributed by atoms with Crippen LogP contribution in [0.15, 0.2) is 54.6 Å². The van der Waals surface area contributed by atoms with Gasteiger partial charge in [-0.2, -0.15) is 0 Å². The number of benzene rings is 3. The van der Waals surface area contributed by atoms with Gasteiger partial charge in [-0.1, -0.05) is 62.4 Å². The summed E-state index contributed by atoms with van der Waals surface area (Å²) in [5.74, 6) is 5.05. The molecular weight excluding hydrogens is 488 g/mol. The van der Waals surface area contributed by atoms with Crippen molar-refractivity contribution in [3.05, 3.63) is 93.5 Å². The maximum Gasteiger partial charge on any atom is 0.303 e. The quantitative estimate of drug-likeness (QED) is 0.207. The number of hydrogen-bond acceptors (Lipinski definition) is 5. The highest BCUT2D eigenvalue weighted by Crippen LogP contribution is 2.26. The van der Waals surface area contributed by atoms with Crippen LogP contribution >= 0.6 is 0 Å². The second kappa shape index (κ2) is 13.8. The minimum atomic E-state index is -0.784. The van der Waals surface area contributed by atoms with Gasteiger partial charge in [-0.25, -0.2) is 5.84 Å². The molecule has 0 aromatic heterocycles. The van der Waals surface area contributed by atoms with E-state index in [0.717, 1.165) is 77.1 Å². The van der Waals surface area contributed by atoms with Gasteiger partial charge in [0.1, 0.15) is 0 Å². The van der Waals surface area contributed by atoms with Crippen LogP contribution in [0.2, 0.25) is 0 Å². The summed E-state index contributed by atoms with van der Waals surface area (Å²) >= 11 is 0. The van der Waals surface area contributed by atoms with Crippen molar-refractivity contribution in [3.8, 4) is 0 Å². The van der Waals surface area contributed by atoms with E-state index in [-0.39, 0.29) is 12.3 Å². The lowest BCUT2D eigenvalue weighted by molar-refractivity contribution is -0.136. The van der Waals surface area contributed by atoms with E-state index in [9.17, 15) is 9.59 Å². The number of para-hydroxylation sites is 1. The van der Waals surface area contributed by atoms with Crippen molar-refractivity contribution in [2.24, 2.45) is 5.84 Å². The molecule has 0 saturated heterocycles. The molecule has 1 amide bonds. The molecule has 4 rings (SSSR count). The SMILES string of the molecule is CCN(N)c1cccc(C)c1N.CCc1cccc(CC)c1C(=O)N1CCc2ccc(CCC(=O)O)cc2C1. The maximum atomic E-state index is 13.3. The molecule has 0 atom stereocenters. The van der Waals surface area contributed by atoms with Gasteiger partial charge in [-0.05, 0) is 79.0 Å². The van der Waals surface area contributed by atoms with Crippen LogP contribution in [0.1, 0.15) is 70.9 Å². The molecular formula is C32H42N4O3. The summed E-state index contributed by atoms with van der Waals surface area (Å²) in [6, 6.07) is 18.2. The van der Waals surface area contributed by atoms with Crippen LogP contribution in [0.5, 0.6) is 0 Å². The van der Waals surface area contributed by atoms with Gasteiger partial charge in [0, 0.05) is 31.6 Å². The summed E-state index contributed by atoms with van der Waals surface area (Å²) in [5, 5.41) is 10.5. The van der Waals surface area contributed by atoms with E-state index in [4.69, 9.17) is 16.7 Å². The molecule has 3 aromatic rings. The molecule has 1 aliphatic rings. The molecule has 5 N–H and O–H groups in total. The fourth-order valence-corrected chi connectivity index (χ4v) is 4.95. The normalized spacial score (nSPS) is 12.3. The van der Waals surface area contributed by atoms with Crippen molar-refractivity contribution in [2.75, 3.05) is 23.8 Å². The van der Waals surface area contributed by atoms with Crippen LogP contribution in [0, 0.1) is 6.92 Å². The third-order valence-electron chi connectivity index (χ3n) is 7.36. The Balaban J connectivity index is 0.000000293. The van der Waals surface area contributed by atoms with Crippen LogP contribution in [0.4, 0.5) is 11.4 Å². The molecule has 39 heavy (non-hydrogen) atoms. The molecule has 1 aliphatic heterocycles. The van der Waals surface area contributed by atoms with Gasteiger partial charge in [0.05, 0.1) is 11.4 Å². The number of nitrogen functional groups attached to an aromatic ring is 1. The fourth-order valence-electron chi connectivity index (χ4n) is 4.95. The highest BCUT2D eigenvalue weighted by molar-refractivity contribution is 5.97. The van der Waals surface area contributed by atoms with Crippen LogP contribution in [0.25, 0.3) is 0 Å². The first-order valence-corrected chi connectivity index (χ1v) is 13.8. The Labute approximate surface area is 232 Å². The lowest BCUT2D eigenvalue weighted by atomic mass is 9.93. The fraction of sp³-hybridized carbons (Fsp3) is 0.375. The lowest BCUT2D eigenvalue weighted by Crippen LogP contribution is -2.37. The Hall–Kier alpha value is -3.84. The van der Waals surface area contributed by atoms with Gasteiger partial charge in [0.2, 0.25) is 0 Å². The number of hydrazine groups is 1. The Morgan fingerprint density at radius 2 is 1.64 bits per heavy atom. The van der Waals surface area contributed by atoms with Crippen molar-refractivity contribution in [1.29, 1.82) is 0 Å². The average molecular weight is 531 g/mol. The number of aryl methyl sites for hydroxylation is 4. The summed E-state index contributed by atoms with van der Waals surface area (Å²) in [7, 11) is 0. The third kappa shape index (κ3) is 7.39. The number of carbonyl (C=O) groups excluding carboxylic acids is 1. The number of anilines is 2. The van der Waals surface area contributed by atoms with Gasteiger partial charge in [-0.15, -0.1) is 0 Å². The third-order valence-corrected chi connectivity index (χ3v) is 7.36. The molecule has 7 nitrogen and oxygen atoms in total. The Morgan fingerprint density at radius 3 is 2.26 bits per heavy atom. The first kappa shape index (κ1) is 29.7. The first-order chi connectivity index (χ1) is 18.7. The second-order valence-electron chi connectivity index (χ2n) is 9.93. The summed E-state index contributed by atoms with van der Waals surface area (Å²) in [6.45, 7) is 10.2. The minimum absolute atomic E-state index is 0.117. The maximum absolute atomic E-state index is 13.3. The molecule has 0 aliphatic carbocycles. The zero-order valence-corrected chi connectivity index (χ0v) is 23.7. The highest BCUT2D eigenvalue weighted by Gasteiger charge is 2.25. The number of fused-ring (bicyclic) bond motifs is 1. The summed E-state index contributed by atoms with van der Waals surface area (Å²) in [5.41, 5.74) is 15.1. The second-order valence-corrected chi connectivity index (χ2v) is 9.93. The predicted molar refractivity (Wildman–Crippen MR) is 159 cm³/mol. The van der Waals surface area contributed by atoms with Gasteiger partial charge < -0.3 is 20.7 Å². The van der Waals surface area contributed by atoms with Crippen molar-refractivity contribution >= 4 is 23.3 Å². The van der Waals surface area contributed by atoms with E-state index in [1.54, 1.807) is 5.01 Å². The molecule has 208 valence electrons. The molecule has 0 spiro atoms.